The highest BCUT2D eigenvalue weighted by Crippen LogP contribution is 1.99. The largest absolute Gasteiger partial charge is 0.480 e. The minimum absolute atomic E-state index is 0.0330. The first-order valence-corrected chi connectivity index (χ1v) is 5.50. The van der Waals surface area contributed by atoms with Crippen LogP contribution in [0.4, 0.5) is 0 Å². The van der Waals surface area contributed by atoms with E-state index in [1.165, 1.54) is 0 Å². The first kappa shape index (κ1) is 14.1. The third-order valence-corrected chi connectivity index (χ3v) is 2.38. The van der Waals surface area contributed by atoms with E-state index < -0.39 is 18.1 Å². The summed E-state index contributed by atoms with van der Waals surface area (Å²) in [5.41, 5.74) is 5.74. The Bertz CT molecular complexity index is 408. The molecular formula is C12H16N2O4. The number of nitrogens with two attached hydrogens (primary N) is 1. The number of hydrogen-bond donors (Lipinski definition) is 4. The van der Waals surface area contributed by atoms with E-state index in [4.69, 9.17) is 10.8 Å². The van der Waals surface area contributed by atoms with Crippen LogP contribution >= 0.6 is 0 Å². The van der Waals surface area contributed by atoms with Gasteiger partial charge in [0.2, 0.25) is 0 Å². The molecule has 18 heavy (non-hydrogen) atoms. The second-order valence-electron chi connectivity index (χ2n) is 3.91. The van der Waals surface area contributed by atoms with Gasteiger partial charge in [-0.2, -0.15) is 0 Å². The van der Waals surface area contributed by atoms with Gasteiger partial charge in [-0.1, -0.05) is 18.2 Å². The minimum Gasteiger partial charge on any atom is -0.480 e. The molecule has 1 amide bonds. The van der Waals surface area contributed by atoms with Crippen LogP contribution in [0.3, 0.4) is 0 Å². The van der Waals surface area contributed by atoms with E-state index in [1.807, 2.05) is 0 Å². The lowest BCUT2D eigenvalue weighted by molar-refractivity contribution is -0.139. The number of carbonyl (C=O) groups is 2. The van der Waals surface area contributed by atoms with Gasteiger partial charge < -0.3 is 21.3 Å². The fourth-order valence-electron chi connectivity index (χ4n) is 1.38. The van der Waals surface area contributed by atoms with Gasteiger partial charge in [-0.25, -0.2) is 0 Å². The van der Waals surface area contributed by atoms with Crippen LogP contribution in [0.5, 0.6) is 0 Å². The number of hydrogen-bond acceptors (Lipinski definition) is 4. The average Bonchev–Trinajstić information content (AvgIpc) is 2.36. The molecule has 0 saturated carbocycles. The normalized spacial score (nSPS) is 13.7. The van der Waals surface area contributed by atoms with Gasteiger partial charge in [-0.3, -0.25) is 9.59 Å². The summed E-state index contributed by atoms with van der Waals surface area (Å²) < 4.78 is 0. The number of aliphatic hydroxyl groups is 1. The summed E-state index contributed by atoms with van der Waals surface area (Å²) in [6.07, 6.45) is -1.09. The fourth-order valence-corrected chi connectivity index (χ4v) is 1.38. The molecule has 0 aliphatic carbocycles. The summed E-state index contributed by atoms with van der Waals surface area (Å²) in [5.74, 6) is -1.50. The van der Waals surface area contributed by atoms with Crippen molar-refractivity contribution < 1.29 is 19.8 Å². The van der Waals surface area contributed by atoms with E-state index in [0.717, 1.165) is 0 Å². The zero-order chi connectivity index (χ0) is 13.5. The van der Waals surface area contributed by atoms with E-state index in [2.05, 4.69) is 5.32 Å². The molecule has 1 aromatic carbocycles. The molecule has 0 saturated heterocycles. The van der Waals surface area contributed by atoms with Crippen molar-refractivity contribution in [2.24, 2.45) is 5.73 Å². The summed E-state index contributed by atoms with van der Waals surface area (Å²) in [6.45, 7) is -0.0330. The Kier molecular flexibility index (Phi) is 5.29. The van der Waals surface area contributed by atoms with Crippen LogP contribution in [-0.4, -0.2) is 40.8 Å². The van der Waals surface area contributed by atoms with Crippen molar-refractivity contribution in [2.45, 2.75) is 18.6 Å². The number of aliphatic carboxylic acids is 1. The third-order valence-electron chi connectivity index (χ3n) is 2.38. The van der Waals surface area contributed by atoms with Crippen molar-refractivity contribution in [3.05, 3.63) is 35.9 Å². The molecule has 6 heteroatoms. The van der Waals surface area contributed by atoms with E-state index in [9.17, 15) is 14.7 Å². The molecule has 0 radical (unpaired) electrons. The van der Waals surface area contributed by atoms with Crippen LogP contribution in [0.1, 0.15) is 16.8 Å². The third kappa shape index (κ3) is 4.52. The summed E-state index contributed by atoms with van der Waals surface area (Å²) >= 11 is 0. The number of aliphatic hydroxyl groups excluding tert-OH is 1. The van der Waals surface area contributed by atoms with Gasteiger partial charge in [0, 0.05) is 18.5 Å². The van der Waals surface area contributed by atoms with Gasteiger partial charge in [-0.15, -0.1) is 0 Å². The Labute approximate surface area is 104 Å². The lowest BCUT2D eigenvalue weighted by atomic mass is 10.1. The lowest BCUT2D eigenvalue weighted by Gasteiger charge is -2.14. The van der Waals surface area contributed by atoms with Gasteiger partial charge in [0.15, 0.2) is 0 Å². The van der Waals surface area contributed by atoms with Crippen LogP contribution in [0.2, 0.25) is 0 Å². The van der Waals surface area contributed by atoms with E-state index in [-0.39, 0.29) is 18.9 Å². The molecule has 1 rings (SSSR count). The number of benzene rings is 1. The van der Waals surface area contributed by atoms with Crippen LogP contribution in [0, 0.1) is 0 Å². The van der Waals surface area contributed by atoms with E-state index in [1.54, 1.807) is 30.3 Å². The van der Waals surface area contributed by atoms with Crippen molar-refractivity contribution in [3.8, 4) is 0 Å². The maximum atomic E-state index is 11.6. The van der Waals surface area contributed by atoms with Gasteiger partial charge in [0.1, 0.15) is 6.04 Å². The zero-order valence-corrected chi connectivity index (χ0v) is 9.74. The summed E-state index contributed by atoms with van der Waals surface area (Å²) in [6, 6.07) is 7.40. The molecule has 0 aliphatic rings. The Hall–Kier alpha value is -1.92. The topological polar surface area (TPSA) is 113 Å². The molecule has 1 aromatic rings. The standard InChI is InChI=1S/C12H16N2O4/c13-10(12(17)18)6-9(15)7-14-11(16)8-4-2-1-3-5-8/h1-5,9-10,15H,6-7,13H2,(H,14,16)(H,17,18)/t9-,10-/m0/s1. The molecule has 0 bridgehead atoms. The zero-order valence-electron chi connectivity index (χ0n) is 9.74. The van der Waals surface area contributed by atoms with Gasteiger partial charge >= 0.3 is 5.97 Å². The summed E-state index contributed by atoms with van der Waals surface area (Å²) in [4.78, 5) is 22.1. The monoisotopic (exact) mass is 252 g/mol. The maximum absolute atomic E-state index is 11.6. The molecular weight excluding hydrogens is 236 g/mol. The molecule has 0 aromatic heterocycles. The predicted octanol–water partition coefficient (Wildman–Crippen LogP) is -0.421. The number of nitrogens with one attached hydrogen (secondary N) is 1. The van der Waals surface area contributed by atoms with Gasteiger partial charge in [0.25, 0.3) is 5.91 Å². The van der Waals surface area contributed by atoms with Crippen molar-refractivity contribution >= 4 is 11.9 Å². The van der Waals surface area contributed by atoms with Crippen molar-refractivity contribution in [2.75, 3.05) is 6.54 Å². The van der Waals surface area contributed by atoms with Crippen LogP contribution in [0.15, 0.2) is 30.3 Å². The summed E-state index contributed by atoms with van der Waals surface area (Å²) in [7, 11) is 0. The molecule has 2 atom stereocenters. The second-order valence-corrected chi connectivity index (χ2v) is 3.91. The second kappa shape index (κ2) is 6.73. The minimum atomic E-state index is -1.18. The highest BCUT2D eigenvalue weighted by molar-refractivity contribution is 5.94. The first-order chi connectivity index (χ1) is 8.50. The Morgan fingerprint density at radius 1 is 1.28 bits per heavy atom. The molecule has 0 unspecified atom stereocenters. The van der Waals surface area contributed by atoms with Gasteiger partial charge in [0.05, 0.1) is 6.10 Å². The lowest BCUT2D eigenvalue weighted by Crippen LogP contribution is -2.39. The van der Waals surface area contributed by atoms with Gasteiger partial charge in [-0.05, 0) is 12.1 Å². The molecule has 0 aliphatic heterocycles. The molecule has 98 valence electrons. The highest BCUT2D eigenvalue weighted by Gasteiger charge is 2.17. The van der Waals surface area contributed by atoms with E-state index >= 15 is 0 Å². The van der Waals surface area contributed by atoms with Crippen molar-refractivity contribution in [1.82, 2.24) is 5.32 Å². The number of carbonyl (C=O) groups excluding carboxylic acids is 1. The summed E-state index contributed by atoms with van der Waals surface area (Å²) in [5, 5.41) is 20.6. The molecule has 0 spiro atoms. The SMILES string of the molecule is N[C@@H](C[C@H](O)CNC(=O)c1ccccc1)C(=O)O. The fraction of sp³-hybridized carbons (Fsp3) is 0.333. The predicted molar refractivity (Wildman–Crippen MR) is 65.0 cm³/mol. The Morgan fingerprint density at radius 3 is 2.44 bits per heavy atom. The van der Waals surface area contributed by atoms with Crippen LogP contribution in [0.25, 0.3) is 0 Å². The highest BCUT2D eigenvalue weighted by atomic mass is 16.4. The quantitative estimate of drug-likeness (QED) is 0.549. The maximum Gasteiger partial charge on any atom is 0.320 e. The van der Waals surface area contributed by atoms with Crippen molar-refractivity contribution in [3.63, 3.8) is 0 Å². The molecule has 6 nitrogen and oxygen atoms in total. The average molecular weight is 252 g/mol. The number of amides is 1. The number of rotatable bonds is 6. The molecule has 0 heterocycles. The molecule has 5 N–H and O–H groups in total. The van der Waals surface area contributed by atoms with E-state index in [0.29, 0.717) is 5.56 Å². The Balaban J connectivity index is 2.37. The Morgan fingerprint density at radius 2 is 1.89 bits per heavy atom. The molecule has 0 fully saturated rings. The number of carboxylic acid groups (broad SMARTS) is 1. The smallest absolute Gasteiger partial charge is 0.320 e. The number of carboxylic acids is 1. The first-order valence-electron chi connectivity index (χ1n) is 5.50. The van der Waals surface area contributed by atoms with Crippen molar-refractivity contribution in [1.29, 1.82) is 0 Å². The van der Waals surface area contributed by atoms with Crippen LogP contribution in [-0.2, 0) is 4.79 Å². The van der Waals surface area contributed by atoms with Crippen LogP contribution < -0.4 is 11.1 Å².